The molecule has 1 aliphatic rings. The molecule has 0 radical (unpaired) electrons. The molecule has 0 spiro atoms. The van der Waals surface area contributed by atoms with Crippen LogP contribution in [-0.2, 0) is 0 Å². The number of aryl methyl sites for hydroxylation is 2. The number of carbonyl (C=O) groups excluding carboxylic acids is 1. The van der Waals surface area contributed by atoms with E-state index in [0.29, 0.717) is 5.88 Å². The summed E-state index contributed by atoms with van der Waals surface area (Å²) in [5.74, 6) is 0.721. The highest BCUT2D eigenvalue weighted by Gasteiger charge is 2.26. The van der Waals surface area contributed by atoms with E-state index < -0.39 is 0 Å². The second-order valence-corrected chi connectivity index (χ2v) is 6.57. The molecule has 1 amide bonds. The maximum Gasteiger partial charge on any atom is 0.264 e. The Morgan fingerprint density at radius 2 is 2.22 bits per heavy atom. The summed E-state index contributed by atoms with van der Waals surface area (Å²) in [6, 6.07) is 2.22. The topological polar surface area (TPSA) is 20.3 Å². The first kappa shape index (κ1) is 13.9. The van der Waals surface area contributed by atoms with Gasteiger partial charge in [-0.15, -0.1) is 22.9 Å². The first-order valence-corrected chi connectivity index (χ1v) is 7.92. The zero-order valence-electron chi connectivity index (χ0n) is 11.0. The standard InChI is InChI=1S/C14H20ClNOS/c1-10-8-13(18-11(10)2)14(17)16-7-5-3-4-6-12(16)9-15/h8,12H,3-7,9H2,1-2H3. The lowest BCUT2D eigenvalue weighted by Gasteiger charge is -2.28. The van der Waals surface area contributed by atoms with E-state index in [1.807, 2.05) is 11.0 Å². The number of hydrogen-bond donors (Lipinski definition) is 0. The van der Waals surface area contributed by atoms with Gasteiger partial charge in [0.2, 0.25) is 0 Å². The van der Waals surface area contributed by atoms with E-state index in [2.05, 4.69) is 13.8 Å². The van der Waals surface area contributed by atoms with Gasteiger partial charge in [0.1, 0.15) is 0 Å². The van der Waals surface area contributed by atoms with Gasteiger partial charge in [0.25, 0.3) is 5.91 Å². The van der Waals surface area contributed by atoms with Crippen LogP contribution in [0.15, 0.2) is 6.07 Å². The summed E-state index contributed by atoms with van der Waals surface area (Å²) in [6.45, 7) is 4.98. The van der Waals surface area contributed by atoms with Gasteiger partial charge in [-0.3, -0.25) is 4.79 Å². The summed E-state index contributed by atoms with van der Waals surface area (Å²) in [5.41, 5.74) is 1.21. The molecule has 1 atom stereocenters. The van der Waals surface area contributed by atoms with Gasteiger partial charge in [-0.1, -0.05) is 12.8 Å². The summed E-state index contributed by atoms with van der Waals surface area (Å²) in [5, 5.41) is 0. The number of alkyl halides is 1. The van der Waals surface area contributed by atoms with E-state index in [0.717, 1.165) is 24.3 Å². The van der Waals surface area contributed by atoms with Crippen LogP contribution in [0, 0.1) is 13.8 Å². The number of hydrogen-bond acceptors (Lipinski definition) is 2. The molecule has 18 heavy (non-hydrogen) atoms. The average molecular weight is 286 g/mol. The van der Waals surface area contributed by atoms with Crippen LogP contribution in [-0.4, -0.2) is 29.3 Å². The number of nitrogens with zero attached hydrogens (tertiary/aromatic N) is 1. The molecule has 100 valence electrons. The summed E-state index contributed by atoms with van der Waals surface area (Å²) >= 11 is 7.63. The highest BCUT2D eigenvalue weighted by molar-refractivity contribution is 7.14. The SMILES string of the molecule is Cc1cc(C(=O)N2CCCCCC2CCl)sc1C. The lowest BCUT2D eigenvalue weighted by atomic mass is 10.1. The van der Waals surface area contributed by atoms with Crippen molar-refractivity contribution in [3.8, 4) is 0 Å². The summed E-state index contributed by atoms with van der Waals surface area (Å²) in [4.78, 5) is 16.7. The monoisotopic (exact) mass is 285 g/mol. The highest BCUT2D eigenvalue weighted by Crippen LogP contribution is 2.25. The van der Waals surface area contributed by atoms with Crippen LogP contribution < -0.4 is 0 Å². The second kappa shape index (κ2) is 6.07. The minimum absolute atomic E-state index is 0.170. The van der Waals surface area contributed by atoms with Crippen molar-refractivity contribution in [1.82, 2.24) is 4.90 Å². The van der Waals surface area contributed by atoms with Crippen molar-refractivity contribution in [1.29, 1.82) is 0 Å². The Kier molecular flexibility index (Phi) is 4.68. The normalized spacial score (nSPS) is 20.8. The van der Waals surface area contributed by atoms with Gasteiger partial charge in [0.15, 0.2) is 0 Å². The molecule has 1 aromatic rings. The Hall–Kier alpha value is -0.540. The molecule has 0 saturated carbocycles. The average Bonchev–Trinajstić information content (AvgIpc) is 2.58. The first-order valence-electron chi connectivity index (χ1n) is 6.57. The second-order valence-electron chi connectivity index (χ2n) is 5.01. The Bertz CT molecular complexity index is 410. The minimum Gasteiger partial charge on any atom is -0.334 e. The van der Waals surface area contributed by atoms with Crippen LogP contribution in [0.5, 0.6) is 0 Å². The third-order valence-electron chi connectivity index (χ3n) is 3.69. The van der Waals surface area contributed by atoms with E-state index in [9.17, 15) is 4.79 Å². The Morgan fingerprint density at radius 1 is 1.44 bits per heavy atom. The van der Waals surface area contributed by atoms with E-state index >= 15 is 0 Å². The van der Waals surface area contributed by atoms with Crippen molar-refractivity contribution in [2.24, 2.45) is 0 Å². The van der Waals surface area contributed by atoms with Crippen LogP contribution >= 0.6 is 22.9 Å². The fraction of sp³-hybridized carbons (Fsp3) is 0.643. The van der Waals surface area contributed by atoms with Gasteiger partial charge in [0.05, 0.1) is 4.88 Å². The smallest absolute Gasteiger partial charge is 0.264 e. The van der Waals surface area contributed by atoms with E-state index in [1.165, 1.54) is 23.3 Å². The zero-order valence-corrected chi connectivity index (χ0v) is 12.6. The fourth-order valence-electron chi connectivity index (χ4n) is 2.43. The molecule has 0 N–H and O–H groups in total. The number of amides is 1. The van der Waals surface area contributed by atoms with Crippen LogP contribution in [0.25, 0.3) is 0 Å². The molecule has 2 heterocycles. The molecule has 2 rings (SSSR count). The predicted octanol–water partition coefficient (Wildman–Crippen LogP) is 3.99. The van der Waals surface area contributed by atoms with Gasteiger partial charge in [-0.25, -0.2) is 0 Å². The van der Waals surface area contributed by atoms with Crippen molar-refractivity contribution in [3.63, 3.8) is 0 Å². The van der Waals surface area contributed by atoms with E-state index in [-0.39, 0.29) is 11.9 Å². The molecule has 2 nitrogen and oxygen atoms in total. The molecule has 1 saturated heterocycles. The molecular formula is C14H20ClNOS. The van der Waals surface area contributed by atoms with Gasteiger partial charge < -0.3 is 4.90 Å². The third kappa shape index (κ3) is 2.89. The number of halogens is 1. The molecule has 1 aliphatic heterocycles. The Morgan fingerprint density at radius 3 is 2.83 bits per heavy atom. The molecule has 1 unspecified atom stereocenters. The lowest BCUT2D eigenvalue weighted by Crippen LogP contribution is -2.40. The lowest BCUT2D eigenvalue weighted by molar-refractivity contribution is 0.0705. The maximum absolute atomic E-state index is 12.6. The van der Waals surface area contributed by atoms with Gasteiger partial charge in [-0.2, -0.15) is 0 Å². The largest absolute Gasteiger partial charge is 0.334 e. The van der Waals surface area contributed by atoms with Crippen molar-refractivity contribution < 1.29 is 4.79 Å². The van der Waals surface area contributed by atoms with Crippen LogP contribution in [0.2, 0.25) is 0 Å². The van der Waals surface area contributed by atoms with Crippen molar-refractivity contribution in [3.05, 3.63) is 21.4 Å². The van der Waals surface area contributed by atoms with Gasteiger partial charge >= 0.3 is 0 Å². The zero-order chi connectivity index (χ0) is 13.1. The maximum atomic E-state index is 12.6. The number of thiophene rings is 1. The van der Waals surface area contributed by atoms with Gasteiger partial charge in [0, 0.05) is 23.3 Å². The van der Waals surface area contributed by atoms with Crippen molar-refractivity contribution in [2.45, 2.75) is 45.6 Å². The molecule has 1 fully saturated rings. The predicted molar refractivity (Wildman–Crippen MR) is 77.8 cm³/mol. The number of rotatable bonds is 2. The van der Waals surface area contributed by atoms with Gasteiger partial charge in [-0.05, 0) is 38.3 Å². The van der Waals surface area contributed by atoms with Crippen molar-refractivity contribution >= 4 is 28.8 Å². The molecular weight excluding hydrogens is 266 g/mol. The quantitative estimate of drug-likeness (QED) is 0.753. The van der Waals surface area contributed by atoms with Crippen LogP contribution in [0.3, 0.4) is 0 Å². The Balaban J connectivity index is 2.19. The summed E-state index contributed by atoms with van der Waals surface area (Å²) in [6.07, 6.45) is 4.53. The third-order valence-corrected chi connectivity index (χ3v) is 5.19. The highest BCUT2D eigenvalue weighted by atomic mass is 35.5. The van der Waals surface area contributed by atoms with E-state index in [1.54, 1.807) is 11.3 Å². The summed E-state index contributed by atoms with van der Waals surface area (Å²) in [7, 11) is 0. The minimum atomic E-state index is 0.170. The van der Waals surface area contributed by atoms with Crippen LogP contribution in [0.4, 0.5) is 0 Å². The molecule has 4 heteroatoms. The molecule has 0 aliphatic carbocycles. The molecule has 0 bridgehead atoms. The van der Waals surface area contributed by atoms with Crippen LogP contribution in [0.1, 0.15) is 45.8 Å². The summed E-state index contributed by atoms with van der Waals surface area (Å²) < 4.78 is 0. The van der Waals surface area contributed by atoms with Crippen molar-refractivity contribution in [2.75, 3.05) is 12.4 Å². The fourth-order valence-corrected chi connectivity index (χ4v) is 3.74. The Labute approximate surface area is 118 Å². The van der Waals surface area contributed by atoms with E-state index in [4.69, 9.17) is 11.6 Å². The first-order chi connectivity index (χ1) is 8.63. The number of likely N-dealkylation sites (tertiary alicyclic amines) is 1. The number of carbonyl (C=O) groups is 1. The molecule has 1 aromatic heterocycles. The molecule has 0 aromatic carbocycles.